The van der Waals surface area contributed by atoms with Crippen LogP contribution in [0.5, 0.6) is 0 Å². The molecular formula is C13H22N2O3S. The van der Waals surface area contributed by atoms with E-state index in [1.807, 2.05) is 6.92 Å². The van der Waals surface area contributed by atoms with Gasteiger partial charge in [0.1, 0.15) is 0 Å². The van der Waals surface area contributed by atoms with Crippen molar-refractivity contribution in [3.63, 3.8) is 0 Å². The Kier molecular flexibility index (Phi) is 6.83. The van der Waals surface area contributed by atoms with E-state index in [0.29, 0.717) is 6.54 Å². The Bertz CT molecular complexity index is 457. The van der Waals surface area contributed by atoms with E-state index >= 15 is 0 Å². The predicted octanol–water partition coefficient (Wildman–Crippen LogP) is 1.82. The highest BCUT2D eigenvalue weighted by Crippen LogP contribution is 2.13. The number of hydrogen-bond donors (Lipinski definition) is 2. The summed E-state index contributed by atoms with van der Waals surface area (Å²) >= 11 is 0. The van der Waals surface area contributed by atoms with Gasteiger partial charge in [-0.15, -0.1) is 0 Å². The van der Waals surface area contributed by atoms with Gasteiger partial charge in [-0.05, 0) is 37.6 Å². The van der Waals surface area contributed by atoms with Gasteiger partial charge in [-0.2, -0.15) is 0 Å². The van der Waals surface area contributed by atoms with Crippen LogP contribution in [0.4, 0.5) is 5.69 Å². The lowest BCUT2D eigenvalue weighted by atomic mass is 10.3. The molecule has 1 aromatic rings. The van der Waals surface area contributed by atoms with Crippen molar-refractivity contribution in [2.45, 2.75) is 25.2 Å². The van der Waals surface area contributed by atoms with Gasteiger partial charge < -0.3 is 10.1 Å². The minimum atomic E-state index is -3.36. The largest absolute Gasteiger partial charge is 0.385 e. The molecule has 0 bridgehead atoms. The maximum atomic E-state index is 11.7. The second-order valence-electron chi connectivity index (χ2n) is 4.00. The molecule has 0 unspecified atom stereocenters. The van der Waals surface area contributed by atoms with Crippen molar-refractivity contribution in [3.05, 3.63) is 24.3 Å². The summed E-state index contributed by atoms with van der Waals surface area (Å²) in [5, 5.41) is 3.22. The zero-order valence-corrected chi connectivity index (χ0v) is 12.3. The van der Waals surface area contributed by atoms with E-state index < -0.39 is 10.0 Å². The quantitative estimate of drug-likeness (QED) is 0.680. The van der Waals surface area contributed by atoms with Crippen LogP contribution in [0.15, 0.2) is 29.2 Å². The van der Waals surface area contributed by atoms with E-state index in [2.05, 4.69) is 10.0 Å². The minimum absolute atomic E-state index is 0.286. The first-order valence-corrected chi connectivity index (χ1v) is 7.99. The molecule has 0 radical (unpaired) electrons. The van der Waals surface area contributed by atoms with Crippen molar-refractivity contribution in [3.8, 4) is 0 Å². The van der Waals surface area contributed by atoms with Crippen LogP contribution in [0.1, 0.15) is 20.3 Å². The van der Waals surface area contributed by atoms with Gasteiger partial charge in [-0.1, -0.05) is 6.92 Å². The zero-order chi connectivity index (χ0) is 14.1. The highest BCUT2D eigenvalue weighted by molar-refractivity contribution is 7.89. The van der Waals surface area contributed by atoms with Gasteiger partial charge in [0.05, 0.1) is 4.90 Å². The number of anilines is 1. The lowest BCUT2D eigenvalue weighted by molar-refractivity contribution is 0.147. The molecule has 0 aliphatic carbocycles. The number of ether oxygens (including phenoxy) is 1. The molecule has 0 aromatic heterocycles. The van der Waals surface area contributed by atoms with Crippen molar-refractivity contribution in [2.24, 2.45) is 0 Å². The summed E-state index contributed by atoms with van der Waals surface area (Å²) in [6.45, 7) is 6.38. The van der Waals surface area contributed by atoms with Crippen LogP contribution in [0.25, 0.3) is 0 Å². The Morgan fingerprint density at radius 2 is 1.84 bits per heavy atom. The molecule has 0 aliphatic rings. The van der Waals surface area contributed by atoms with Crippen LogP contribution < -0.4 is 10.0 Å². The fourth-order valence-electron chi connectivity index (χ4n) is 1.58. The fraction of sp³-hybridized carbons (Fsp3) is 0.538. The first kappa shape index (κ1) is 15.9. The molecule has 5 nitrogen and oxygen atoms in total. The van der Waals surface area contributed by atoms with Gasteiger partial charge in [0, 0.05) is 32.0 Å². The van der Waals surface area contributed by atoms with E-state index in [0.717, 1.165) is 31.9 Å². The summed E-state index contributed by atoms with van der Waals surface area (Å²) < 4.78 is 31.1. The summed E-state index contributed by atoms with van der Waals surface area (Å²) in [6, 6.07) is 6.74. The van der Waals surface area contributed by atoms with Gasteiger partial charge in [0.2, 0.25) is 10.0 Å². The fourth-order valence-corrected chi connectivity index (χ4v) is 2.62. The predicted molar refractivity (Wildman–Crippen MR) is 76.9 cm³/mol. The third kappa shape index (κ3) is 5.59. The summed E-state index contributed by atoms with van der Waals surface area (Å²) in [6.07, 6.45) is 0.922. The van der Waals surface area contributed by atoms with Crippen LogP contribution in [0.3, 0.4) is 0 Å². The molecule has 0 amide bonds. The lowest BCUT2D eigenvalue weighted by Crippen LogP contribution is -2.23. The molecule has 0 saturated heterocycles. The molecule has 1 rings (SSSR count). The van der Waals surface area contributed by atoms with Crippen molar-refractivity contribution in [2.75, 3.05) is 31.6 Å². The third-order valence-electron chi connectivity index (χ3n) is 2.50. The molecule has 108 valence electrons. The molecule has 0 heterocycles. The second-order valence-corrected chi connectivity index (χ2v) is 5.77. The Labute approximate surface area is 115 Å². The Morgan fingerprint density at radius 1 is 1.16 bits per heavy atom. The molecule has 2 N–H and O–H groups in total. The molecular weight excluding hydrogens is 264 g/mol. The van der Waals surface area contributed by atoms with Gasteiger partial charge in [-0.3, -0.25) is 0 Å². The van der Waals surface area contributed by atoms with E-state index in [9.17, 15) is 8.42 Å². The minimum Gasteiger partial charge on any atom is -0.385 e. The molecule has 0 fully saturated rings. The van der Waals surface area contributed by atoms with Crippen molar-refractivity contribution in [1.82, 2.24) is 4.72 Å². The van der Waals surface area contributed by atoms with E-state index in [4.69, 9.17) is 4.74 Å². The second kappa shape index (κ2) is 8.14. The van der Waals surface area contributed by atoms with Crippen LogP contribution >= 0.6 is 0 Å². The summed E-state index contributed by atoms with van der Waals surface area (Å²) in [7, 11) is -3.36. The van der Waals surface area contributed by atoms with Gasteiger partial charge in [0.25, 0.3) is 0 Å². The van der Waals surface area contributed by atoms with E-state index in [-0.39, 0.29) is 4.90 Å². The summed E-state index contributed by atoms with van der Waals surface area (Å²) in [5.41, 5.74) is 0.909. The normalized spacial score (nSPS) is 11.5. The van der Waals surface area contributed by atoms with Crippen LogP contribution in [-0.2, 0) is 14.8 Å². The number of benzene rings is 1. The molecule has 0 aliphatic heterocycles. The SMILES string of the molecule is CCNS(=O)(=O)c1ccc(NCCCOCC)cc1. The average molecular weight is 286 g/mol. The Balaban J connectivity index is 2.48. The number of hydrogen-bond acceptors (Lipinski definition) is 4. The highest BCUT2D eigenvalue weighted by Gasteiger charge is 2.11. The van der Waals surface area contributed by atoms with E-state index in [1.165, 1.54) is 0 Å². The Morgan fingerprint density at radius 3 is 2.42 bits per heavy atom. The summed E-state index contributed by atoms with van der Waals surface area (Å²) in [5.74, 6) is 0. The molecule has 6 heteroatoms. The Hall–Kier alpha value is -1.11. The molecule has 0 atom stereocenters. The smallest absolute Gasteiger partial charge is 0.240 e. The molecule has 19 heavy (non-hydrogen) atoms. The monoisotopic (exact) mass is 286 g/mol. The molecule has 0 saturated carbocycles. The van der Waals surface area contributed by atoms with Crippen molar-refractivity contribution < 1.29 is 13.2 Å². The first-order chi connectivity index (χ1) is 9.10. The number of nitrogens with one attached hydrogen (secondary N) is 2. The third-order valence-corrected chi connectivity index (χ3v) is 4.06. The summed E-state index contributed by atoms with van der Waals surface area (Å²) in [4.78, 5) is 0.286. The average Bonchev–Trinajstić information content (AvgIpc) is 2.39. The topological polar surface area (TPSA) is 67.4 Å². The van der Waals surface area contributed by atoms with Gasteiger partial charge in [-0.25, -0.2) is 13.1 Å². The van der Waals surface area contributed by atoms with Crippen LogP contribution in [0, 0.1) is 0 Å². The van der Waals surface area contributed by atoms with Crippen LogP contribution in [-0.4, -0.2) is 34.7 Å². The number of sulfonamides is 1. The number of rotatable bonds is 9. The standard InChI is InChI=1S/C13H22N2O3S/c1-3-15-19(16,17)13-8-6-12(7-9-13)14-10-5-11-18-4-2/h6-9,14-15H,3-5,10-11H2,1-2H3. The van der Waals surface area contributed by atoms with Gasteiger partial charge >= 0.3 is 0 Å². The lowest BCUT2D eigenvalue weighted by Gasteiger charge is -2.08. The van der Waals surface area contributed by atoms with E-state index in [1.54, 1.807) is 31.2 Å². The van der Waals surface area contributed by atoms with Crippen molar-refractivity contribution >= 4 is 15.7 Å². The first-order valence-electron chi connectivity index (χ1n) is 6.51. The maximum absolute atomic E-state index is 11.7. The molecule has 0 spiro atoms. The highest BCUT2D eigenvalue weighted by atomic mass is 32.2. The maximum Gasteiger partial charge on any atom is 0.240 e. The molecule has 1 aromatic carbocycles. The van der Waals surface area contributed by atoms with Crippen molar-refractivity contribution in [1.29, 1.82) is 0 Å². The zero-order valence-electron chi connectivity index (χ0n) is 11.5. The van der Waals surface area contributed by atoms with Gasteiger partial charge in [0.15, 0.2) is 0 Å². The van der Waals surface area contributed by atoms with Crippen LogP contribution in [0.2, 0.25) is 0 Å².